The molecule has 1 aromatic heterocycles. The SMILES string of the molecule is CC1(C)C(/C=C/C=C/C=C2\N3CCCc4ccc(S(=O)(=O)O)c(c43)C2(C)CCCCCC(=O)NCCCOc2ccc3nc(C#N)sc3c2)=[N+]2CCCc3ccc(S(=O)(=O)[O-])c1c32. The Kier molecular flexibility index (Phi) is 12.3. The molecule has 0 spiro atoms. The number of aromatic nitrogens is 1. The van der Waals surface area contributed by atoms with Gasteiger partial charge in [-0.1, -0.05) is 43.2 Å². The Morgan fingerprint density at radius 1 is 1.00 bits per heavy atom. The lowest BCUT2D eigenvalue weighted by molar-refractivity contribution is -0.443. The molecule has 0 fully saturated rings. The normalized spacial score (nSPS) is 19.6. The van der Waals surface area contributed by atoms with Gasteiger partial charge in [-0.05, 0) is 101 Å². The molecule has 4 aliphatic rings. The van der Waals surface area contributed by atoms with Crippen LogP contribution >= 0.6 is 11.3 Å². The number of unbranched alkanes of at least 4 members (excludes halogenated alkanes) is 2. The molecule has 0 saturated carbocycles. The summed E-state index contributed by atoms with van der Waals surface area (Å²) in [6.45, 7) is 8.25. The predicted molar refractivity (Wildman–Crippen MR) is 242 cm³/mol. The van der Waals surface area contributed by atoms with Crippen molar-refractivity contribution in [3.8, 4) is 11.8 Å². The molecule has 4 aromatic rings. The number of carbonyl (C=O) groups excluding carboxylic acids is 1. The number of nitrogens with zero attached hydrogens (tertiary/aromatic N) is 4. The minimum Gasteiger partial charge on any atom is -0.744 e. The number of allylic oxidation sites excluding steroid dienone is 6. The van der Waals surface area contributed by atoms with Gasteiger partial charge in [0.15, 0.2) is 10.7 Å². The van der Waals surface area contributed by atoms with Crippen molar-refractivity contribution in [3.63, 3.8) is 0 Å². The number of hydrogen-bond acceptors (Lipinski definition) is 11. The predicted octanol–water partition coefficient (Wildman–Crippen LogP) is 7.90. The van der Waals surface area contributed by atoms with Crippen LogP contribution in [0.25, 0.3) is 10.2 Å². The fourth-order valence-corrected chi connectivity index (χ4v) is 12.5. The number of nitrogens with one attached hydrogen (secondary N) is 1. The molecule has 63 heavy (non-hydrogen) atoms. The van der Waals surface area contributed by atoms with Crippen molar-refractivity contribution < 1.29 is 40.0 Å². The van der Waals surface area contributed by atoms with E-state index in [4.69, 9.17) is 10.00 Å². The van der Waals surface area contributed by atoms with Crippen molar-refractivity contribution in [2.45, 2.75) is 106 Å². The van der Waals surface area contributed by atoms with E-state index >= 15 is 0 Å². The van der Waals surface area contributed by atoms with E-state index in [0.29, 0.717) is 80.2 Å². The molecule has 1 unspecified atom stereocenters. The molecule has 2 N–H and O–H groups in total. The molecule has 1 amide bonds. The number of hydrogen-bond donors (Lipinski definition) is 2. The fraction of sp³-hybridized carbons (Fsp3) is 0.404. The molecule has 0 bridgehead atoms. The second-order valence-electron chi connectivity index (χ2n) is 17.3. The fourth-order valence-electron chi connectivity index (χ4n) is 10.0. The summed E-state index contributed by atoms with van der Waals surface area (Å²) >= 11 is 1.32. The number of carbonyl (C=O) groups is 1. The van der Waals surface area contributed by atoms with Crippen molar-refractivity contribution in [2.75, 3.05) is 31.1 Å². The minimum atomic E-state index is -4.69. The molecule has 0 radical (unpaired) electrons. The van der Waals surface area contributed by atoms with Gasteiger partial charge < -0.3 is 19.5 Å². The van der Waals surface area contributed by atoms with Crippen molar-refractivity contribution in [2.24, 2.45) is 0 Å². The summed E-state index contributed by atoms with van der Waals surface area (Å²) in [7, 11) is -9.24. The van der Waals surface area contributed by atoms with Gasteiger partial charge in [0, 0.05) is 59.9 Å². The molecule has 13 nitrogen and oxygen atoms in total. The number of thiazole rings is 1. The highest BCUT2D eigenvalue weighted by Gasteiger charge is 2.50. The largest absolute Gasteiger partial charge is 0.744 e. The zero-order chi connectivity index (χ0) is 44.7. The van der Waals surface area contributed by atoms with Gasteiger partial charge >= 0.3 is 0 Å². The average Bonchev–Trinajstić information content (AvgIpc) is 3.84. The van der Waals surface area contributed by atoms with Crippen molar-refractivity contribution in [1.82, 2.24) is 10.3 Å². The van der Waals surface area contributed by atoms with Gasteiger partial charge in [0.25, 0.3) is 10.1 Å². The van der Waals surface area contributed by atoms with Gasteiger partial charge in [-0.15, -0.1) is 11.3 Å². The lowest BCUT2D eigenvalue weighted by Crippen LogP contribution is -2.31. The first-order valence-electron chi connectivity index (χ1n) is 21.5. The van der Waals surface area contributed by atoms with E-state index in [1.165, 1.54) is 23.5 Å². The maximum atomic E-state index is 12.9. The number of aryl methyl sites for hydroxylation is 2. The van der Waals surface area contributed by atoms with E-state index in [1.54, 1.807) is 6.07 Å². The molecule has 4 aliphatic heterocycles. The molecule has 0 saturated heterocycles. The second kappa shape index (κ2) is 17.4. The number of rotatable bonds is 16. The Morgan fingerprint density at radius 3 is 2.56 bits per heavy atom. The lowest BCUT2D eigenvalue weighted by atomic mass is 9.76. The van der Waals surface area contributed by atoms with Gasteiger partial charge in [-0.3, -0.25) is 9.35 Å². The Morgan fingerprint density at radius 2 is 1.78 bits per heavy atom. The third-order valence-electron chi connectivity index (χ3n) is 12.8. The number of anilines is 1. The molecule has 330 valence electrons. The minimum absolute atomic E-state index is 0.0451. The smallest absolute Gasteiger partial charge is 0.294 e. The maximum absolute atomic E-state index is 12.9. The van der Waals surface area contributed by atoms with Gasteiger partial charge in [-0.25, -0.2) is 13.4 Å². The number of amides is 1. The average molecular weight is 910 g/mol. The van der Waals surface area contributed by atoms with Crippen LogP contribution in [0.1, 0.15) is 99.4 Å². The van der Waals surface area contributed by atoms with E-state index in [1.807, 2.05) is 75.4 Å². The van der Waals surface area contributed by atoms with E-state index in [-0.39, 0.29) is 15.7 Å². The standard InChI is InChI=1S/C47H51N5O8S3/c1-46(2)38(51-26-10-13-31-18-22-36(62(54,55)56)42(46)44(31)51)15-6-4-7-16-39-47(3,43-37(63(57,58)59)23-19-32-14-11-27-52(39)45(32)43)24-9-5-8-17-40(53)49-25-12-28-60-33-20-21-34-35(29-33)61-41(30-48)50-34/h4,6-7,15-16,18-23,29H,5,8-14,17,24-28H2,1-3H3,(H2-,49,53,54,55,56,57,58,59). The molecule has 1 atom stereocenters. The first kappa shape index (κ1) is 44.4. The van der Waals surface area contributed by atoms with Crippen LogP contribution < -0.4 is 15.0 Å². The molecular formula is C47H51N5O8S3. The summed E-state index contributed by atoms with van der Waals surface area (Å²) < 4.78 is 82.3. The summed E-state index contributed by atoms with van der Waals surface area (Å²) in [5.74, 6) is 0.640. The van der Waals surface area contributed by atoms with Gasteiger partial charge in [0.2, 0.25) is 11.6 Å². The molecule has 5 heterocycles. The summed E-state index contributed by atoms with van der Waals surface area (Å²) in [5.41, 5.74) is 6.03. The Balaban J connectivity index is 0.934. The Labute approximate surface area is 373 Å². The number of nitriles is 1. The highest BCUT2D eigenvalue weighted by atomic mass is 32.2. The zero-order valence-corrected chi connectivity index (χ0v) is 38.1. The molecule has 3 aromatic carbocycles. The molecule has 0 aliphatic carbocycles. The topological polar surface area (TPSA) is 193 Å². The van der Waals surface area contributed by atoms with Gasteiger partial charge in [0.05, 0.1) is 32.7 Å². The third kappa shape index (κ3) is 8.61. The van der Waals surface area contributed by atoms with Gasteiger partial charge in [0.1, 0.15) is 33.4 Å². The van der Waals surface area contributed by atoms with E-state index in [9.17, 15) is 30.7 Å². The van der Waals surface area contributed by atoms with Crippen molar-refractivity contribution in [1.29, 1.82) is 5.26 Å². The summed E-state index contributed by atoms with van der Waals surface area (Å²) in [6.07, 6.45) is 16.8. The van der Waals surface area contributed by atoms with Crippen LogP contribution in [-0.4, -0.2) is 73.4 Å². The lowest BCUT2D eigenvalue weighted by Gasteiger charge is -2.32. The van der Waals surface area contributed by atoms with E-state index < -0.39 is 31.1 Å². The third-order valence-corrected chi connectivity index (χ3v) is 15.5. The van der Waals surface area contributed by atoms with E-state index in [0.717, 1.165) is 76.2 Å². The van der Waals surface area contributed by atoms with Crippen LogP contribution in [0.3, 0.4) is 0 Å². The van der Waals surface area contributed by atoms with Crippen LogP contribution in [0.4, 0.5) is 11.4 Å². The second-order valence-corrected chi connectivity index (χ2v) is 21.1. The van der Waals surface area contributed by atoms with Crippen LogP contribution in [-0.2, 0) is 48.7 Å². The number of ether oxygens (including phenoxy) is 1. The quantitative estimate of drug-likeness (QED) is 0.0481. The summed E-state index contributed by atoms with van der Waals surface area (Å²) in [5, 5.41) is 12.5. The number of fused-ring (bicyclic) bond motifs is 1. The number of benzene rings is 3. The van der Waals surface area contributed by atoms with Crippen molar-refractivity contribution in [3.05, 3.63) is 106 Å². The first-order valence-corrected chi connectivity index (χ1v) is 25.1. The highest BCUT2D eigenvalue weighted by Crippen LogP contribution is 2.56. The molecule has 16 heteroatoms. The van der Waals surface area contributed by atoms with Crippen LogP contribution in [0.2, 0.25) is 0 Å². The van der Waals surface area contributed by atoms with Gasteiger partial charge in [-0.2, -0.15) is 18.3 Å². The van der Waals surface area contributed by atoms with Crippen molar-refractivity contribution >= 4 is 64.8 Å². The van der Waals surface area contributed by atoms with Crippen LogP contribution in [0.15, 0.2) is 88.3 Å². The first-order chi connectivity index (χ1) is 30.0. The summed E-state index contributed by atoms with van der Waals surface area (Å²) in [6, 6.07) is 14.1. The molecule has 8 rings (SSSR count). The zero-order valence-electron chi connectivity index (χ0n) is 35.6. The maximum Gasteiger partial charge on any atom is 0.294 e. The van der Waals surface area contributed by atoms with Crippen LogP contribution in [0.5, 0.6) is 5.75 Å². The molecular weight excluding hydrogens is 859 g/mol. The Hall–Kier alpha value is -5.18. The monoisotopic (exact) mass is 909 g/mol. The Bertz CT molecular complexity index is 2910. The van der Waals surface area contributed by atoms with Crippen LogP contribution in [0, 0.1) is 11.3 Å². The summed E-state index contributed by atoms with van der Waals surface area (Å²) in [4.78, 5) is 18.9. The van der Waals surface area contributed by atoms with E-state index in [2.05, 4.69) is 25.8 Å². The highest BCUT2D eigenvalue weighted by molar-refractivity contribution is 7.86.